The summed E-state index contributed by atoms with van der Waals surface area (Å²) < 4.78 is 0. The molecule has 2 saturated heterocycles. The molecule has 0 saturated carbocycles. The van der Waals surface area contributed by atoms with Gasteiger partial charge in [-0.2, -0.15) is 0 Å². The van der Waals surface area contributed by atoms with Crippen molar-refractivity contribution in [1.82, 2.24) is 14.7 Å². The number of rotatable bonds is 3. The molecule has 3 rings (SSSR count). The van der Waals surface area contributed by atoms with Gasteiger partial charge in [0.05, 0.1) is 12.1 Å². The summed E-state index contributed by atoms with van der Waals surface area (Å²) in [5.41, 5.74) is 7.00. The smallest absolute Gasteiger partial charge is 0.256 e. The molecule has 2 fully saturated rings. The van der Waals surface area contributed by atoms with Gasteiger partial charge < -0.3 is 15.5 Å². The second-order valence-corrected chi connectivity index (χ2v) is 7.90. The number of piperazine rings is 1. The third-order valence-electron chi connectivity index (χ3n) is 5.43. The summed E-state index contributed by atoms with van der Waals surface area (Å²) in [6.45, 7) is 9.34. The predicted octanol–water partition coefficient (Wildman–Crippen LogP) is 2.37. The zero-order chi connectivity index (χ0) is 18.7. The van der Waals surface area contributed by atoms with Crippen molar-refractivity contribution < 1.29 is 9.59 Å². The van der Waals surface area contributed by atoms with Gasteiger partial charge in [0.1, 0.15) is 0 Å². The molecule has 0 bridgehead atoms. The molecule has 28 heavy (non-hydrogen) atoms. The molecule has 6 nitrogen and oxygen atoms in total. The van der Waals surface area contributed by atoms with Crippen molar-refractivity contribution in [2.24, 2.45) is 11.8 Å². The molecule has 0 aliphatic carbocycles. The van der Waals surface area contributed by atoms with Crippen molar-refractivity contribution in [1.29, 1.82) is 0 Å². The maximum absolute atomic E-state index is 12.6. The molecule has 2 N–H and O–H groups in total. The molecule has 2 unspecified atom stereocenters. The molecule has 0 radical (unpaired) electrons. The maximum atomic E-state index is 12.6. The van der Waals surface area contributed by atoms with Crippen molar-refractivity contribution >= 4 is 42.3 Å². The minimum absolute atomic E-state index is 0. The van der Waals surface area contributed by atoms with Crippen LogP contribution in [-0.2, 0) is 4.79 Å². The van der Waals surface area contributed by atoms with E-state index in [0.29, 0.717) is 42.7 Å². The van der Waals surface area contributed by atoms with Crippen LogP contribution >= 0.6 is 24.8 Å². The fraction of sp³-hybridized carbons (Fsp3) is 0.600. The summed E-state index contributed by atoms with van der Waals surface area (Å²) in [7, 11) is 0. The molecule has 0 aromatic heterocycles. The van der Waals surface area contributed by atoms with Crippen LogP contribution < -0.4 is 5.73 Å². The van der Waals surface area contributed by atoms with Crippen molar-refractivity contribution in [2.75, 3.05) is 51.5 Å². The molecule has 2 amide bonds. The number of anilines is 1. The van der Waals surface area contributed by atoms with Gasteiger partial charge in [-0.3, -0.25) is 14.5 Å². The Kier molecular flexibility index (Phi) is 9.54. The minimum Gasteiger partial charge on any atom is -0.398 e. The zero-order valence-electron chi connectivity index (χ0n) is 16.7. The van der Waals surface area contributed by atoms with E-state index in [1.165, 1.54) is 6.42 Å². The lowest BCUT2D eigenvalue weighted by molar-refractivity contribution is -0.135. The van der Waals surface area contributed by atoms with Crippen LogP contribution in [-0.4, -0.2) is 72.3 Å². The van der Waals surface area contributed by atoms with Gasteiger partial charge in [0.15, 0.2) is 0 Å². The Labute approximate surface area is 180 Å². The van der Waals surface area contributed by atoms with Crippen LogP contribution in [0.15, 0.2) is 24.3 Å². The first-order chi connectivity index (χ1) is 12.4. The van der Waals surface area contributed by atoms with E-state index < -0.39 is 0 Å². The first-order valence-corrected chi connectivity index (χ1v) is 9.58. The molecule has 2 aliphatic rings. The van der Waals surface area contributed by atoms with E-state index in [0.717, 1.165) is 26.2 Å². The number of hydrogen-bond acceptors (Lipinski definition) is 4. The fourth-order valence-corrected chi connectivity index (χ4v) is 4.13. The summed E-state index contributed by atoms with van der Waals surface area (Å²) in [4.78, 5) is 31.3. The molecule has 1 aromatic rings. The number of benzene rings is 1. The van der Waals surface area contributed by atoms with Crippen LogP contribution in [0.5, 0.6) is 0 Å². The van der Waals surface area contributed by atoms with Crippen LogP contribution in [0.3, 0.4) is 0 Å². The van der Waals surface area contributed by atoms with Gasteiger partial charge in [0, 0.05) is 45.0 Å². The largest absolute Gasteiger partial charge is 0.398 e. The number of nitrogens with two attached hydrogens (primary N) is 1. The van der Waals surface area contributed by atoms with E-state index in [-0.39, 0.29) is 36.6 Å². The third-order valence-corrected chi connectivity index (χ3v) is 5.43. The van der Waals surface area contributed by atoms with Gasteiger partial charge in [0.25, 0.3) is 5.91 Å². The summed E-state index contributed by atoms with van der Waals surface area (Å²) in [6.07, 6.45) is 1.20. The van der Waals surface area contributed by atoms with Crippen molar-refractivity contribution in [2.45, 2.75) is 20.3 Å². The number of carbonyl (C=O) groups is 2. The SMILES string of the molecule is CC1CC(C)CN(C(=O)CN2CCN(C(=O)c3ccccc3N)CC2)C1.Cl.Cl. The zero-order valence-corrected chi connectivity index (χ0v) is 18.3. The second-order valence-electron chi connectivity index (χ2n) is 7.90. The highest BCUT2D eigenvalue weighted by atomic mass is 35.5. The van der Waals surface area contributed by atoms with E-state index in [4.69, 9.17) is 5.73 Å². The summed E-state index contributed by atoms with van der Waals surface area (Å²) in [6, 6.07) is 7.19. The van der Waals surface area contributed by atoms with Gasteiger partial charge in [-0.05, 0) is 30.4 Å². The van der Waals surface area contributed by atoms with Gasteiger partial charge in [-0.1, -0.05) is 26.0 Å². The Morgan fingerprint density at radius 1 is 0.964 bits per heavy atom. The number of nitrogen functional groups attached to an aromatic ring is 1. The molecule has 0 spiro atoms. The predicted molar refractivity (Wildman–Crippen MR) is 117 cm³/mol. The monoisotopic (exact) mass is 430 g/mol. The maximum Gasteiger partial charge on any atom is 0.256 e. The third kappa shape index (κ3) is 6.00. The Balaban J connectivity index is 0.00000196. The Hall–Kier alpha value is -1.50. The average Bonchev–Trinajstić information content (AvgIpc) is 2.61. The molecule has 2 heterocycles. The number of hydrogen-bond donors (Lipinski definition) is 1. The molecule has 158 valence electrons. The lowest BCUT2D eigenvalue weighted by Crippen LogP contribution is -2.53. The molecule has 1 aromatic carbocycles. The highest BCUT2D eigenvalue weighted by molar-refractivity contribution is 5.99. The average molecular weight is 431 g/mol. The summed E-state index contributed by atoms with van der Waals surface area (Å²) >= 11 is 0. The number of halogens is 2. The van der Waals surface area contributed by atoms with E-state index in [1.807, 2.05) is 21.9 Å². The first kappa shape index (κ1) is 24.5. The number of amides is 2. The van der Waals surface area contributed by atoms with Crippen LogP contribution in [0.4, 0.5) is 5.69 Å². The van der Waals surface area contributed by atoms with Crippen molar-refractivity contribution in [3.05, 3.63) is 29.8 Å². The normalized spacial score (nSPS) is 22.8. The van der Waals surface area contributed by atoms with Crippen LogP contribution in [0.1, 0.15) is 30.6 Å². The van der Waals surface area contributed by atoms with E-state index >= 15 is 0 Å². The summed E-state index contributed by atoms with van der Waals surface area (Å²) in [5, 5.41) is 0. The minimum atomic E-state index is -0.0206. The van der Waals surface area contributed by atoms with Crippen molar-refractivity contribution in [3.63, 3.8) is 0 Å². The topological polar surface area (TPSA) is 69.9 Å². The van der Waals surface area contributed by atoms with Gasteiger partial charge in [-0.15, -0.1) is 24.8 Å². The quantitative estimate of drug-likeness (QED) is 0.747. The number of carbonyl (C=O) groups excluding carboxylic acids is 2. The number of nitrogens with zero attached hydrogens (tertiary/aromatic N) is 3. The number of likely N-dealkylation sites (tertiary alicyclic amines) is 1. The first-order valence-electron chi connectivity index (χ1n) is 9.58. The molecular formula is C20H32Cl2N4O2. The molecule has 8 heteroatoms. The number of para-hydroxylation sites is 1. The number of piperidine rings is 1. The van der Waals surface area contributed by atoms with Crippen LogP contribution in [0.2, 0.25) is 0 Å². The molecular weight excluding hydrogens is 399 g/mol. The lowest BCUT2D eigenvalue weighted by atomic mass is 9.92. The van der Waals surface area contributed by atoms with E-state index in [2.05, 4.69) is 18.7 Å². The Morgan fingerprint density at radius 2 is 1.54 bits per heavy atom. The Bertz CT molecular complexity index is 655. The van der Waals surface area contributed by atoms with Gasteiger partial charge in [0.2, 0.25) is 5.91 Å². The lowest BCUT2D eigenvalue weighted by Gasteiger charge is -2.38. The Morgan fingerprint density at radius 3 is 2.11 bits per heavy atom. The van der Waals surface area contributed by atoms with Crippen molar-refractivity contribution in [3.8, 4) is 0 Å². The molecule has 2 aliphatic heterocycles. The van der Waals surface area contributed by atoms with E-state index in [9.17, 15) is 9.59 Å². The van der Waals surface area contributed by atoms with Crippen LogP contribution in [0.25, 0.3) is 0 Å². The van der Waals surface area contributed by atoms with E-state index in [1.54, 1.807) is 12.1 Å². The standard InChI is InChI=1S/C20H30N4O2.2ClH/c1-15-11-16(2)13-24(12-15)19(25)14-22-7-9-23(10-8-22)20(26)17-5-3-4-6-18(17)21;;/h3-6,15-16H,7-14,21H2,1-2H3;2*1H. The highest BCUT2D eigenvalue weighted by Crippen LogP contribution is 2.21. The molecule has 2 atom stereocenters. The van der Waals surface area contributed by atoms with Crippen LogP contribution in [0, 0.1) is 11.8 Å². The van der Waals surface area contributed by atoms with Gasteiger partial charge in [-0.25, -0.2) is 0 Å². The van der Waals surface area contributed by atoms with Gasteiger partial charge >= 0.3 is 0 Å². The second kappa shape index (κ2) is 10.9. The fourth-order valence-electron chi connectivity index (χ4n) is 4.13. The highest BCUT2D eigenvalue weighted by Gasteiger charge is 2.28. The summed E-state index contributed by atoms with van der Waals surface area (Å²) in [5.74, 6) is 1.35.